The maximum absolute atomic E-state index is 11.2. The van der Waals surface area contributed by atoms with E-state index in [1.807, 2.05) is 20.8 Å². The number of carboxylic acid groups (broad SMARTS) is 1. The van der Waals surface area contributed by atoms with Gasteiger partial charge in [-0.25, -0.2) is 10.7 Å². The van der Waals surface area contributed by atoms with E-state index in [4.69, 9.17) is 15.8 Å². The minimum Gasteiger partial charge on any atom is -0.465 e. The van der Waals surface area contributed by atoms with Gasteiger partial charge in [-0.3, -0.25) is 0 Å². The van der Waals surface area contributed by atoms with Gasteiger partial charge in [-0.15, -0.1) is 0 Å². The minimum absolute atomic E-state index is 0.0978. The molecule has 94 valence electrons. The third kappa shape index (κ3) is 3.35. The number of carbonyl (C=O) groups is 1. The van der Waals surface area contributed by atoms with Gasteiger partial charge in [0, 0.05) is 12.1 Å². The summed E-state index contributed by atoms with van der Waals surface area (Å²) in [7, 11) is 0. The summed E-state index contributed by atoms with van der Waals surface area (Å²) < 4.78 is 0. The normalized spacial score (nSPS) is 25.8. The largest absolute Gasteiger partial charge is 0.465 e. The highest BCUT2D eigenvalue weighted by Gasteiger charge is 2.32. The van der Waals surface area contributed by atoms with Crippen LogP contribution in [0.1, 0.15) is 40.0 Å². The fourth-order valence-corrected chi connectivity index (χ4v) is 2.22. The first-order valence-electron chi connectivity index (χ1n) is 5.70. The molecule has 0 heterocycles. The molecule has 1 fully saturated rings. The molecule has 1 amide bonds. The predicted octanol–water partition coefficient (Wildman–Crippen LogP) is 1.82. The number of amides is 1. The van der Waals surface area contributed by atoms with Crippen LogP contribution in [0.3, 0.4) is 0 Å². The number of hydrogen-bond acceptors (Lipinski definition) is 3. The molecule has 1 saturated carbocycles. The van der Waals surface area contributed by atoms with Gasteiger partial charge in [0.2, 0.25) is 0 Å². The van der Waals surface area contributed by atoms with Crippen molar-refractivity contribution in [3.05, 3.63) is 0 Å². The second-order valence-electron chi connectivity index (χ2n) is 5.50. The lowest BCUT2D eigenvalue weighted by atomic mass is 10.0. The monoisotopic (exact) mass is 230 g/mol. The van der Waals surface area contributed by atoms with Gasteiger partial charge in [-0.2, -0.15) is 0 Å². The Morgan fingerprint density at radius 1 is 1.50 bits per heavy atom. The lowest BCUT2D eigenvalue weighted by Gasteiger charge is -2.35. The van der Waals surface area contributed by atoms with Crippen molar-refractivity contribution in [2.75, 3.05) is 6.54 Å². The quantitative estimate of drug-likeness (QED) is 0.725. The van der Waals surface area contributed by atoms with Crippen LogP contribution < -0.4 is 5.90 Å². The molecule has 3 N–H and O–H groups in total. The molecule has 0 bridgehead atoms. The number of hydrogen-bond donors (Lipinski definition) is 2. The van der Waals surface area contributed by atoms with Crippen LogP contribution in [0.4, 0.5) is 4.79 Å². The average molecular weight is 230 g/mol. The molecule has 0 aromatic heterocycles. The highest BCUT2D eigenvalue weighted by atomic mass is 16.6. The fraction of sp³-hybridized carbons (Fsp3) is 0.909. The van der Waals surface area contributed by atoms with Crippen molar-refractivity contribution in [1.29, 1.82) is 0 Å². The molecule has 5 heteroatoms. The van der Waals surface area contributed by atoms with Crippen LogP contribution in [0.5, 0.6) is 0 Å². The Hall–Kier alpha value is -0.810. The first-order chi connectivity index (χ1) is 7.34. The van der Waals surface area contributed by atoms with E-state index >= 15 is 0 Å². The third-order valence-electron chi connectivity index (χ3n) is 3.17. The molecule has 0 aromatic carbocycles. The van der Waals surface area contributed by atoms with Gasteiger partial charge < -0.3 is 14.8 Å². The van der Waals surface area contributed by atoms with Gasteiger partial charge in [0.1, 0.15) is 0 Å². The maximum atomic E-state index is 11.2. The van der Waals surface area contributed by atoms with Gasteiger partial charge in [-0.05, 0) is 46.0 Å². The average Bonchev–Trinajstić information content (AvgIpc) is 2.59. The topological polar surface area (TPSA) is 75.8 Å². The first kappa shape index (κ1) is 13.3. The van der Waals surface area contributed by atoms with E-state index in [-0.39, 0.29) is 11.6 Å². The fourth-order valence-electron chi connectivity index (χ4n) is 2.22. The predicted molar refractivity (Wildman–Crippen MR) is 60.9 cm³/mol. The number of nitrogens with zero attached hydrogens (tertiary/aromatic N) is 1. The summed E-state index contributed by atoms with van der Waals surface area (Å²) in [6.07, 6.45) is 2.02. The smallest absolute Gasteiger partial charge is 0.407 e. The zero-order valence-corrected chi connectivity index (χ0v) is 10.3. The molecule has 0 aromatic rings. The van der Waals surface area contributed by atoms with Crippen molar-refractivity contribution in [3.8, 4) is 0 Å². The van der Waals surface area contributed by atoms with Crippen molar-refractivity contribution in [3.63, 3.8) is 0 Å². The second-order valence-corrected chi connectivity index (χ2v) is 5.50. The molecule has 0 unspecified atom stereocenters. The highest BCUT2D eigenvalue weighted by molar-refractivity contribution is 5.66. The van der Waals surface area contributed by atoms with Crippen LogP contribution in [0.25, 0.3) is 0 Å². The molecular weight excluding hydrogens is 208 g/mol. The van der Waals surface area contributed by atoms with Crippen LogP contribution in [-0.2, 0) is 4.84 Å². The van der Waals surface area contributed by atoms with Crippen LogP contribution in [-0.4, -0.2) is 34.3 Å². The molecule has 0 saturated heterocycles. The lowest BCUT2D eigenvalue weighted by Crippen LogP contribution is -2.47. The zero-order valence-electron chi connectivity index (χ0n) is 10.3. The molecule has 5 nitrogen and oxygen atoms in total. The Morgan fingerprint density at radius 2 is 2.12 bits per heavy atom. The molecule has 1 aliphatic rings. The SMILES string of the molecule is CC(C)(C)N(C[C@H]1CC[C@H](ON)C1)C(=O)O. The number of nitrogens with two attached hydrogens (primary N) is 1. The van der Waals surface area contributed by atoms with E-state index in [1.165, 1.54) is 4.90 Å². The van der Waals surface area contributed by atoms with E-state index in [9.17, 15) is 4.79 Å². The van der Waals surface area contributed by atoms with Crippen molar-refractivity contribution in [2.45, 2.75) is 51.7 Å². The Kier molecular flexibility index (Phi) is 4.15. The third-order valence-corrected chi connectivity index (χ3v) is 3.17. The molecule has 1 rings (SSSR count). The minimum atomic E-state index is -0.857. The standard InChI is InChI=1S/C11H22N2O3/c1-11(2,3)13(10(14)15)7-8-4-5-9(6-8)16-12/h8-9H,4-7,12H2,1-3H3,(H,14,15)/t8-,9-/m0/s1. The first-order valence-corrected chi connectivity index (χ1v) is 5.70. The highest BCUT2D eigenvalue weighted by Crippen LogP contribution is 2.29. The van der Waals surface area contributed by atoms with Crippen molar-refractivity contribution < 1.29 is 14.7 Å². The van der Waals surface area contributed by atoms with E-state index in [0.29, 0.717) is 12.5 Å². The summed E-state index contributed by atoms with van der Waals surface area (Å²) in [5.41, 5.74) is -0.354. The maximum Gasteiger partial charge on any atom is 0.407 e. The molecule has 1 aliphatic carbocycles. The molecule has 0 aliphatic heterocycles. The van der Waals surface area contributed by atoms with Gasteiger partial charge in [0.15, 0.2) is 0 Å². The van der Waals surface area contributed by atoms with Gasteiger partial charge in [-0.1, -0.05) is 0 Å². The van der Waals surface area contributed by atoms with E-state index in [0.717, 1.165) is 19.3 Å². The summed E-state index contributed by atoms with van der Waals surface area (Å²) in [4.78, 5) is 17.5. The molecule has 2 atom stereocenters. The van der Waals surface area contributed by atoms with E-state index < -0.39 is 6.09 Å². The summed E-state index contributed by atoms with van der Waals surface area (Å²) in [6, 6.07) is 0. The second kappa shape index (κ2) is 5.01. The number of rotatable bonds is 3. The Bertz CT molecular complexity index is 250. The summed E-state index contributed by atoms with van der Waals surface area (Å²) in [5.74, 6) is 5.51. The Balaban J connectivity index is 2.54. The van der Waals surface area contributed by atoms with Crippen molar-refractivity contribution in [2.24, 2.45) is 11.8 Å². The van der Waals surface area contributed by atoms with Crippen LogP contribution in [0, 0.1) is 5.92 Å². The Labute approximate surface area is 96.5 Å². The summed E-state index contributed by atoms with van der Waals surface area (Å²) >= 11 is 0. The van der Waals surface area contributed by atoms with Crippen LogP contribution in [0.2, 0.25) is 0 Å². The van der Waals surface area contributed by atoms with Crippen LogP contribution in [0.15, 0.2) is 0 Å². The molecule has 16 heavy (non-hydrogen) atoms. The van der Waals surface area contributed by atoms with E-state index in [2.05, 4.69) is 0 Å². The van der Waals surface area contributed by atoms with Crippen molar-refractivity contribution in [1.82, 2.24) is 4.90 Å². The summed E-state index contributed by atoms with van der Waals surface area (Å²) in [6.45, 7) is 6.30. The van der Waals surface area contributed by atoms with Gasteiger partial charge >= 0.3 is 6.09 Å². The van der Waals surface area contributed by atoms with Gasteiger partial charge in [0.05, 0.1) is 6.10 Å². The molecule has 0 radical (unpaired) electrons. The van der Waals surface area contributed by atoms with E-state index in [1.54, 1.807) is 0 Å². The van der Waals surface area contributed by atoms with Crippen LogP contribution >= 0.6 is 0 Å². The molecular formula is C11H22N2O3. The lowest BCUT2D eigenvalue weighted by molar-refractivity contribution is 0.0505. The Morgan fingerprint density at radius 3 is 2.50 bits per heavy atom. The summed E-state index contributed by atoms with van der Waals surface area (Å²) in [5, 5.41) is 9.16. The van der Waals surface area contributed by atoms with Crippen molar-refractivity contribution >= 4 is 6.09 Å². The van der Waals surface area contributed by atoms with Gasteiger partial charge in [0.25, 0.3) is 0 Å². The molecule has 0 spiro atoms. The zero-order chi connectivity index (χ0) is 12.3.